The van der Waals surface area contributed by atoms with Crippen molar-refractivity contribution in [3.8, 4) is 0 Å². The minimum Gasteiger partial charge on any atom is -0.478 e. The minimum absolute atomic E-state index is 0.0959. The van der Waals surface area contributed by atoms with E-state index in [-0.39, 0.29) is 10.5 Å². The van der Waals surface area contributed by atoms with Crippen molar-refractivity contribution in [2.45, 2.75) is 18.7 Å². The van der Waals surface area contributed by atoms with Crippen LogP contribution in [-0.4, -0.2) is 19.5 Å². The molecular weight excluding hydrogens is 370 g/mol. The van der Waals surface area contributed by atoms with Crippen LogP contribution in [0.5, 0.6) is 0 Å². The summed E-state index contributed by atoms with van der Waals surface area (Å²) in [6.45, 7) is 3.52. The van der Waals surface area contributed by atoms with Gasteiger partial charge in [0.25, 0.3) is 10.0 Å². The Morgan fingerprint density at radius 1 is 1.09 bits per heavy atom. The Morgan fingerprint density at radius 2 is 1.68 bits per heavy atom. The monoisotopic (exact) mass is 383 g/mol. The Hall–Kier alpha value is -1.86. The van der Waals surface area contributed by atoms with E-state index in [0.717, 1.165) is 10.0 Å². The fraction of sp³-hybridized carbons (Fsp3) is 0.133. The second-order valence-corrected chi connectivity index (χ2v) is 7.36. The molecule has 0 saturated carbocycles. The van der Waals surface area contributed by atoms with Gasteiger partial charge in [-0.1, -0.05) is 15.9 Å². The number of nitrogens with one attached hydrogen (secondary N) is 1. The van der Waals surface area contributed by atoms with Crippen LogP contribution in [0.2, 0.25) is 0 Å². The number of anilines is 1. The third-order valence-corrected chi connectivity index (χ3v) is 5.51. The predicted molar refractivity (Wildman–Crippen MR) is 87.8 cm³/mol. The highest BCUT2D eigenvalue weighted by atomic mass is 79.9. The largest absolute Gasteiger partial charge is 0.478 e. The van der Waals surface area contributed by atoms with Crippen LogP contribution in [0.15, 0.2) is 45.8 Å². The van der Waals surface area contributed by atoms with Gasteiger partial charge in [-0.2, -0.15) is 0 Å². The van der Waals surface area contributed by atoms with Gasteiger partial charge in [0.1, 0.15) is 0 Å². The lowest BCUT2D eigenvalue weighted by Gasteiger charge is -2.12. The Bertz CT molecular complexity index is 829. The molecular formula is C15H14BrNO4S. The molecule has 2 N–H and O–H groups in total. The van der Waals surface area contributed by atoms with Crippen molar-refractivity contribution in [2.75, 3.05) is 4.72 Å². The van der Waals surface area contributed by atoms with Crippen molar-refractivity contribution in [1.82, 2.24) is 0 Å². The van der Waals surface area contributed by atoms with E-state index in [1.807, 2.05) is 6.92 Å². The van der Waals surface area contributed by atoms with Gasteiger partial charge in [-0.3, -0.25) is 4.72 Å². The number of carbonyl (C=O) groups is 1. The van der Waals surface area contributed by atoms with Crippen LogP contribution in [0.1, 0.15) is 21.5 Å². The van der Waals surface area contributed by atoms with Gasteiger partial charge in [-0.15, -0.1) is 0 Å². The van der Waals surface area contributed by atoms with Crippen molar-refractivity contribution in [1.29, 1.82) is 0 Å². The molecule has 0 spiro atoms. The van der Waals surface area contributed by atoms with Gasteiger partial charge >= 0.3 is 5.97 Å². The number of hydrogen-bond donors (Lipinski definition) is 2. The quantitative estimate of drug-likeness (QED) is 0.844. The van der Waals surface area contributed by atoms with Crippen molar-refractivity contribution >= 4 is 37.6 Å². The van der Waals surface area contributed by atoms with E-state index in [0.29, 0.717) is 11.3 Å². The van der Waals surface area contributed by atoms with Crippen LogP contribution in [0.3, 0.4) is 0 Å². The summed E-state index contributed by atoms with van der Waals surface area (Å²) in [6, 6.07) is 8.87. The predicted octanol–water partition coefficient (Wildman–Crippen LogP) is 3.56. The van der Waals surface area contributed by atoms with E-state index in [4.69, 9.17) is 5.11 Å². The summed E-state index contributed by atoms with van der Waals surface area (Å²) < 4.78 is 28.2. The van der Waals surface area contributed by atoms with Crippen molar-refractivity contribution in [3.05, 3.63) is 57.6 Å². The Labute approximate surface area is 137 Å². The number of benzene rings is 2. The highest BCUT2D eigenvalue weighted by Crippen LogP contribution is 2.26. The lowest BCUT2D eigenvalue weighted by molar-refractivity contribution is 0.0697. The Balaban J connectivity index is 2.35. The summed E-state index contributed by atoms with van der Waals surface area (Å²) in [4.78, 5) is 11.0. The topological polar surface area (TPSA) is 83.5 Å². The molecule has 0 aliphatic carbocycles. The van der Waals surface area contributed by atoms with E-state index < -0.39 is 16.0 Å². The summed E-state index contributed by atoms with van der Waals surface area (Å²) in [5.74, 6) is -1.06. The number of carboxylic acid groups (broad SMARTS) is 1. The smallest absolute Gasteiger partial charge is 0.335 e. The molecule has 0 aliphatic heterocycles. The van der Waals surface area contributed by atoms with Crippen molar-refractivity contribution in [2.24, 2.45) is 0 Å². The Morgan fingerprint density at radius 3 is 2.23 bits per heavy atom. The van der Waals surface area contributed by atoms with Crippen LogP contribution in [0.4, 0.5) is 5.69 Å². The van der Waals surface area contributed by atoms with Gasteiger partial charge < -0.3 is 5.11 Å². The van der Waals surface area contributed by atoms with Crippen LogP contribution < -0.4 is 4.72 Å². The first-order valence-electron chi connectivity index (χ1n) is 6.33. The van der Waals surface area contributed by atoms with Gasteiger partial charge in [0, 0.05) is 10.2 Å². The summed E-state index contributed by atoms with van der Waals surface area (Å²) in [6.07, 6.45) is 0. The third-order valence-electron chi connectivity index (χ3n) is 3.13. The molecule has 0 aromatic heterocycles. The number of carboxylic acids is 1. The first-order chi connectivity index (χ1) is 10.2. The lowest BCUT2D eigenvalue weighted by atomic mass is 10.2. The molecule has 0 radical (unpaired) electrons. The maximum Gasteiger partial charge on any atom is 0.335 e. The molecule has 2 rings (SSSR count). The van der Waals surface area contributed by atoms with Gasteiger partial charge in [0.05, 0.1) is 10.5 Å². The number of hydrogen-bond acceptors (Lipinski definition) is 3. The number of sulfonamides is 1. The number of aryl methyl sites for hydroxylation is 2. The van der Waals surface area contributed by atoms with Crippen molar-refractivity contribution < 1.29 is 18.3 Å². The summed E-state index contributed by atoms with van der Waals surface area (Å²) in [5.41, 5.74) is 1.84. The molecule has 2 aromatic carbocycles. The first kappa shape index (κ1) is 16.5. The van der Waals surface area contributed by atoms with Crippen LogP contribution >= 0.6 is 15.9 Å². The number of halogens is 1. The molecule has 5 nitrogen and oxygen atoms in total. The maximum atomic E-state index is 12.5. The molecule has 0 atom stereocenters. The summed E-state index contributed by atoms with van der Waals surface area (Å²) >= 11 is 3.36. The fourth-order valence-corrected chi connectivity index (χ4v) is 3.76. The molecule has 0 saturated heterocycles. The van der Waals surface area contributed by atoms with Crippen LogP contribution in [-0.2, 0) is 10.0 Å². The van der Waals surface area contributed by atoms with Crippen molar-refractivity contribution in [3.63, 3.8) is 0 Å². The lowest BCUT2D eigenvalue weighted by Crippen LogP contribution is -2.14. The summed E-state index contributed by atoms with van der Waals surface area (Å²) in [7, 11) is -3.73. The third kappa shape index (κ3) is 3.48. The minimum atomic E-state index is -3.73. The first-order valence-corrected chi connectivity index (χ1v) is 8.61. The van der Waals surface area contributed by atoms with E-state index >= 15 is 0 Å². The van der Waals surface area contributed by atoms with Crippen LogP contribution in [0.25, 0.3) is 0 Å². The van der Waals surface area contributed by atoms with Gasteiger partial charge in [-0.05, 0) is 61.4 Å². The molecule has 0 bridgehead atoms. The second-order valence-electron chi connectivity index (χ2n) is 4.85. The molecule has 2 aromatic rings. The highest BCUT2D eigenvalue weighted by Gasteiger charge is 2.18. The fourth-order valence-electron chi connectivity index (χ4n) is 1.93. The molecule has 0 unspecified atom stereocenters. The zero-order valence-corrected chi connectivity index (χ0v) is 14.3. The standard InChI is InChI=1S/C15H14BrNO4S/c1-9-8-14(10(2)7-13(9)16)22(20,21)17-12-5-3-11(4-6-12)15(18)19/h3-8,17H,1-2H3,(H,18,19). The average Bonchev–Trinajstić information content (AvgIpc) is 2.42. The molecule has 0 heterocycles. The van der Waals surface area contributed by atoms with Crippen LogP contribution in [0, 0.1) is 13.8 Å². The van der Waals surface area contributed by atoms with E-state index in [1.165, 1.54) is 24.3 Å². The molecule has 0 amide bonds. The average molecular weight is 384 g/mol. The SMILES string of the molecule is Cc1cc(S(=O)(=O)Nc2ccc(C(=O)O)cc2)c(C)cc1Br. The van der Waals surface area contributed by atoms with Gasteiger partial charge in [0.15, 0.2) is 0 Å². The van der Waals surface area contributed by atoms with E-state index in [2.05, 4.69) is 20.7 Å². The van der Waals surface area contributed by atoms with Gasteiger partial charge in [0.2, 0.25) is 0 Å². The molecule has 0 fully saturated rings. The molecule has 0 aliphatic rings. The molecule has 7 heteroatoms. The van der Waals surface area contributed by atoms with Gasteiger partial charge in [-0.25, -0.2) is 13.2 Å². The molecule has 22 heavy (non-hydrogen) atoms. The Kier molecular flexibility index (Phi) is 4.58. The van der Waals surface area contributed by atoms with E-state index in [1.54, 1.807) is 19.1 Å². The zero-order chi connectivity index (χ0) is 16.5. The molecule has 116 valence electrons. The summed E-state index contributed by atoms with van der Waals surface area (Å²) in [5, 5.41) is 8.84. The maximum absolute atomic E-state index is 12.5. The number of rotatable bonds is 4. The zero-order valence-electron chi connectivity index (χ0n) is 11.9. The highest BCUT2D eigenvalue weighted by molar-refractivity contribution is 9.10. The second kappa shape index (κ2) is 6.10. The number of aromatic carboxylic acids is 1. The van der Waals surface area contributed by atoms with E-state index in [9.17, 15) is 13.2 Å². The normalized spacial score (nSPS) is 11.2.